The summed E-state index contributed by atoms with van der Waals surface area (Å²) in [7, 11) is 4.11. The van der Waals surface area contributed by atoms with Crippen molar-refractivity contribution in [1.29, 1.82) is 0 Å². The van der Waals surface area contributed by atoms with E-state index in [4.69, 9.17) is 0 Å². The van der Waals surface area contributed by atoms with E-state index in [-0.39, 0.29) is 0 Å². The van der Waals surface area contributed by atoms with Gasteiger partial charge in [0.1, 0.15) is 0 Å². The minimum Gasteiger partial charge on any atom is -0.481 e. The van der Waals surface area contributed by atoms with E-state index in [0.29, 0.717) is 37.5 Å². The Labute approximate surface area is 335 Å². The maximum absolute atomic E-state index is 12.7. The number of carbonyl (C=O) groups is 2. The zero-order valence-electron chi connectivity index (χ0n) is 36.6. The third-order valence-corrected chi connectivity index (χ3v) is 12.0. The van der Waals surface area contributed by atoms with E-state index >= 15 is 0 Å². The highest BCUT2D eigenvalue weighted by atomic mass is 16.4. The van der Waals surface area contributed by atoms with E-state index in [1.165, 1.54) is 154 Å². The molecule has 5 nitrogen and oxygen atoms in total. The Morgan fingerprint density at radius 3 is 1.02 bits per heavy atom. The minimum absolute atomic E-state index is 0.416. The molecule has 2 unspecified atom stereocenters. The fourth-order valence-electron chi connectivity index (χ4n) is 8.61. The number of unbranched alkanes of at least 4 members (excludes halogenated alkanes) is 16. The second-order valence-electron chi connectivity index (χ2n) is 17.6. The van der Waals surface area contributed by atoms with Gasteiger partial charge in [-0.15, -0.1) is 0 Å². The van der Waals surface area contributed by atoms with Crippen molar-refractivity contribution in [3.05, 3.63) is 34.9 Å². The van der Waals surface area contributed by atoms with E-state index in [1.54, 1.807) is 0 Å². The third kappa shape index (κ3) is 26.1. The van der Waals surface area contributed by atoms with Crippen molar-refractivity contribution in [3.8, 4) is 0 Å². The van der Waals surface area contributed by atoms with Crippen LogP contribution in [0.4, 0.5) is 0 Å². The highest BCUT2D eigenvalue weighted by Crippen LogP contribution is 2.30. The summed E-state index contributed by atoms with van der Waals surface area (Å²) >= 11 is 0. The Morgan fingerprint density at radius 1 is 0.444 bits per heavy atom. The van der Waals surface area contributed by atoms with Crippen LogP contribution in [-0.2, 0) is 29.0 Å². The van der Waals surface area contributed by atoms with Crippen LogP contribution in [-0.4, -0.2) is 41.1 Å². The summed E-state index contributed by atoms with van der Waals surface area (Å²) in [6.45, 7) is 9.81. The van der Waals surface area contributed by atoms with Crippen LogP contribution >= 0.6 is 0 Å². The molecule has 5 heteroatoms. The molecule has 0 amide bonds. The number of aliphatic carboxylic acids is 2. The van der Waals surface area contributed by atoms with Gasteiger partial charge >= 0.3 is 11.9 Å². The van der Waals surface area contributed by atoms with Crippen LogP contribution in [0.15, 0.2) is 18.2 Å². The van der Waals surface area contributed by atoms with E-state index < -0.39 is 23.8 Å². The predicted molar refractivity (Wildman–Crippen MR) is 232 cm³/mol. The number of carboxylic acids is 2. The summed E-state index contributed by atoms with van der Waals surface area (Å²) in [6, 6.07) is 6.51. The summed E-state index contributed by atoms with van der Waals surface area (Å²) < 4.78 is 0. The molecule has 0 aromatic heterocycles. The highest BCUT2D eigenvalue weighted by molar-refractivity contribution is 5.71. The average molecular weight is 756 g/mol. The molecule has 0 aliphatic carbocycles. The highest BCUT2D eigenvalue weighted by Gasteiger charge is 2.24. The molecule has 1 rings (SSSR count). The van der Waals surface area contributed by atoms with Crippen molar-refractivity contribution < 1.29 is 19.8 Å². The second kappa shape index (κ2) is 33.3. The first-order valence-corrected chi connectivity index (χ1v) is 23.3. The quantitative estimate of drug-likeness (QED) is 0.0657. The standard InChI is InChI=1S/C49H89NO4/c1-7-11-15-19-23-27-41(28-24-20-16-12-8-2)31-33-46(48(51)52)38-43-35-44(37-45(36-43)40-50(5)6)39-47(49(53)54)34-32-42(29-25-21-17-13-9-3)30-26-22-18-14-10-4/h35-37,41-42,46-47H,7-34,38-40H2,1-6H3,(H,51,52)(H,53,54). The van der Waals surface area contributed by atoms with Gasteiger partial charge in [0, 0.05) is 6.54 Å². The number of hydrogen-bond acceptors (Lipinski definition) is 3. The lowest BCUT2D eigenvalue weighted by molar-refractivity contribution is -0.143. The van der Waals surface area contributed by atoms with Crippen LogP contribution in [0.25, 0.3) is 0 Å². The van der Waals surface area contributed by atoms with E-state index in [0.717, 1.165) is 36.1 Å². The largest absolute Gasteiger partial charge is 0.481 e. The molecule has 0 fully saturated rings. The van der Waals surface area contributed by atoms with Gasteiger partial charge in [0.15, 0.2) is 0 Å². The smallest absolute Gasteiger partial charge is 0.306 e. The van der Waals surface area contributed by atoms with Crippen LogP contribution in [0.1, 0.15) is 224 Å². The summed E-state index contributed by atoms with van der Waals surface area (Å²) in [5, 5.41) is 20.9. The Hall–Kier alpha value is -1.88. The van der Waals surface area contributed by atoms with Crippen molar-refractivity contribution in [2.24, 2.45) is 23.7 Å². The maximum atomic E-state index is 12.7. The third-order valence-electron chi connectivity index (χ3n) is 12.0. The fourth-order valence-corrected chi connectivity index (χ4v) is 8.61. The summed E-state index contributed by atoms with van der Waals surface area (Å²) in [4.78, 5) is 27.6. The van der Waals surface area contributed by atoms with Crippen molar-refractivity contribution in [2.45, 2.75) is 227 Å². The minimum atomic E-state index is -0.696. The second-order valence-corrected chi connectivity index (χ2v) is 17.6. The topological polar surface area (TPSA) is 77.8 Å². The molecule has 0 bridgehead atoms. The number of benzene rings is 1. The molecule has 0 aliphatic rings. The molecule has 2 atom stereocenters. The lowest BCUT2D eigenvalue weighted by atomic mass is 9.84. The van der Waals surface area contributed by atoms with Crippen molar-refractivity contribution in [1.82, 2.24) is 4.90 Å². The Bertz CT molecular complexity index is 952. The molecule has 2 N–H and O–H groups in total. The lowest BCUT2D eigenvalue weighted by Crippen LogP contribution is -2.20. The summed E-state index contributed by atoms with van der Waals surface area (Å²) in [5.41, 5.74) is 3.25. The zero-order valence-corrected chi connectivity index (χ0v) is 36.6. The van der Waals surface area contributed by atoms with Gasteiger partial charge in [-0.3, -0.25) is 9.59 Å². The first-order valence-electron chi connectivity index (χ1n) is 23.3. The molecular weight excluding hydrogens is 667 g/mol. The Balaban J connectivity index is 3.06. The van der Waals surface area contributed by atoms with Gasteiger partial charge in [0.05, 0.1) is 11.8 Å². The van der Waals surface area contributed by atoms with Crippen LogP contribution in [0.3, 0.4) is 0 Å². The first kappa shape index (κ1) is 50.1. The molecule has 0 saturated heterocycles. The monoisotopic (exact) mass is 756 g/mol. The molecule has 0 heterocycles. The molecule has 0 saturated carbocycles. The van der Waals surface area contributed by atoms with E-state index in [1.807, 2.05) is 0 Å². The molecular formula is C49H89NO4. The number of nitrogens with zero attached hydrogens (tertiary/aromatic N) is 1. The normalized spacial score (nSPS) is 13.0. The van der Waals surface area contributed by atoms with Crippen LogP contribution < -0.4 is 0 Å². The average Bonchev–Trinajstić information content (AvgIpc) is 3.13. The maximum Gasteiger partial charge on any atom is 0.306 e. The van der Waals surface area contributed by atoms with Crippen molar-refractivity contribution >= 4 is 11.9 Å². The van der Waals surface area contributed by atoms with Gasteiger partial charge in [0.25, 0.3) is 0 Å². The summed E-state index contributed by atoms with van der Waals surface area (Å²) in [6.07, 6.45) is 35.0. The first-order chi connectivity index (χ1) is 26.1. The molecule has 1 aromatic rings. The van der Waals surface area contributed by atoms with Crippen LogP contribution in [0.2, 0.25) is 0 Å². The predicted octanol–water partition coefficient (Wildman–Crippen LogP) is 14.5. The molecule has 54 heavy (non-hydrogen) atoms. The number of carboxylic acid groups (broad SMARTS) is 2. The van der Waals surface area contributed by atoms with Crippen LogP contribution in [0, 0.1) is 23.7 Å². The Kier molecular flexibility index (Phi) is 30.9. The van der Waals surface area contributed by atoms with Gasteiger partial charge in [-0.05, 0) is 81.1 Å². The van der Waals surface area contributed by atoms with Gasteiger partial charge in [0.2, 0.25) is 0 Å². The molecule has 0 radical (unpaired) electrons. The lowest BCUT2D eigenvalue weighted by Gasteiger charge is -2.22. The molecule has 1 aromatic carbocycles. The van der Waals surface area contributed by atoms with E-state index in [2.05, 4.69) is 64.9 Å². The van der Waals surface area contributed by atoms with Crippen molar-refractivity contribution in [3.63, 3.8) is 0 Å². The fraction of sp³-hybridized carbons (Fsp3) is 0.837. The van der Waals surface area contributed by atoms with Crippen LogP contribution in [0.5, 0.6) is 0 Å². The van der Waals surface area contributed by atoms with Gasteiger partial charge in [-0.1, -0.05) is 200 Å². The molecule has 0 aliphatic heterocycles. The van der Waals surface area contributed by atoms with E-state index in [9.17, 15) is 19.8 Å². The molecule has 0 spiro atoms. The zero-order chi connectivity index (χ0) is 39.8. The Morgan fingerprint density at radius 2 is 0.741 bits per heavy atom. The van der Waals surface area contributed by atoms with Gasteiger partial charge < -0.3 is 15.1 Å². The SMILES string of the molecule is CCCCCCCC(CCCCCCC)CCC(Cc1cc(CC(CCC(CCCCCCC)CCCCCCC)C(=O)O)cc(CN(C)C)c1)C(=O)O. The molecule has 314 valence electrons. The number of rotatable bonds is 38. The van der Waals surface area contributed by atoms with Gasteiger partial charge in [-0.25, -0.2) is 0 Å². The van der Waals surface area contributed by atoms with Gasteiger partial charge in [-0.2, -0.15) is 0 Å². The number of hydrogen-bond donors (Lipinski definition) is 2. The summed E-state index contributed by atoms with van der Waals surface area (Å²) in [5.74, 6) is -1.00. The van der Waals surface area contributed by atoms with Crippen molar-refractivity contribution in [2.75, 3.05) is 14.1 Å².